The van der Waals surface area contributed by atoms with Crippen LogP contribution in [0.4, 0.5) is 10.5 Å². The van der Waals surface area contributed by atoms with E-state index in [-0.39, 0.29) is 11.8 Å². The number of carbonyl (C=O) groups is 2. The van der Waals surface area contributed by atoms with Gasteiger partial charge in [-0.25, -0.2) is 4.79 Å². The van der Waals surface area contributed by atoms with Crippen molar-refractivity contribution >= 4 is 17.5 Å². The summed E-state index contributed by atoms with van der Waals surface area (Å²) in [4.78, 5) is 31.7. The summed E-state index contributed by atoms with van der Waals surface area (Å²) in [6, 6.07) is 11.2. The summed E-state index contributed by atoms with van der Waals surface area (Å²) in [5, 5.41) is 6.26. The molecule has 0 unspecified atom stereocenters. The van der Waals surface area contributed by atoms with E-state index in [0.29, 0.717) is 55.7 Å². The van der Waals surface area contributed by atoms with Gasteiger partial charge in [-0.1, -0.05) is 31.7 Å². The Morgan fingerprint density at radius 1 is 1.15 bits per heavy atom. The number of carbonyl (C=O) groups excluding carboxylic acids is 2. The molecule has 2 saturated heterocycles. The van der Waals surface area contributed by atoms with Crippen LogP contribution >= 0.6 is 0 Å². The van der Waals surface area contributed by atoms with Crippen LogP contribution in [0.3, 0.4) is 0 Å². The van der Waals surface area contributed by atoms with Gasteiger partial charge in [-0.05, 0) is 48.4 Å². The normalized spacial score (nSPS) is 23.3. The zero-order chi connectivity index (χ0) is 22.7. The Morgan fingerprint density at radius 3 is 2.61 bits per heavy atom. The Kier molecular flexibility index (Phi) is 6.31. The summed E-state index contributed by atoms with van der Waals surface area (Å²) >= 11 is 0. The Hall–Kier alpha value is -2.93. The highest BCUT2D eigenvalue weighted by Crippen LogP contribution is 2.33. The fraction of sp³-hybridized carbons (Fsp3) is 0.500. The van der Waals surface area contributed by atoms with E-state index in [1.165, 1.54) is 18.4 Å². The molecule has 5 rings (SSSR count). The number of urea groups is 1. The maximum atomic E-state index is 13.2. The molecule has 1 aromatic carbocycles. The molecule has 7 heteroatoms. The SMILES string of the molecule is O=C(Nc1ccc(O[C@]2(C(=O)CC3CCCC3)CCNC2)cc1)N1CC(c2cccnc2)C1. The first-order chi connectivity index (χ1) is 16.1. The second-order valence-corrected chi connectivity index (χ2v) is 9.64. The van der Waals surface area contributed by atoms with E-state index < -0.39 is 5.60 Å². The molecule has 33 heavy (non-hydrogen) atoms. The highest BCUT2D eigenvalue weighted by atomic mass is 16.5. The minimum atomic E-state index is -0.772. The zero-order valence-electron chi connectivity index (χ0n) is 19.0. The zero-order valence-corrected chi connectivity index (χ0v) is 19.0. The van der Waals surface area contributed by atoms with Crippen molar-refractivity contribution in [3.63, 3.8) is 0 Å². The van der Waals surface area contributed by atoms with E-state index in [2.05, 4.69) is 21.7 Å². The van der Waals surface area contributed by atoms with Gasteiger partial charge < -0.3 is 20.3 Å². The van der Waals surface area contributed by atoms with Crippen LogP contribution in [0.15, 0.2) is 48.8 Å². The van der Waals surface area contributed by atoms with Gasteiger partial charge in [-0.2, -0.15) is 0 Å². The molecule has 2 aromatic rings. The number of anilines is 1. The molecular formula is C26H32N4O3. The molecular weight excluding hydrogens is 416 g/mol. The summed E-state index contributed by atoms with van der Waals surface area (Å²) in [5.74, 6) is 1.74. The van der Waals surface area contributed by atoms with Crippen LogP contribution in [-0.2, 0) is 4.79 Å². The third-order valence-corrected chi connectivity index (χ3v) is 7.32. The molecule has 7 nitrogen and oxygen atoms in total. The van der Waals surface area contributed by atoms with Gasteiger partial charge in [-0.15, -0.1) is 0 Å². The minimum absolute atomic E-state index is 0.105. The molecule has 174 valence electrons. The van der Waals surface area contributed by atoms with Gasteiger partial charge >= 0.3 is 6.03 Å². The van der Waals surface area contributed by atoms with Crippen LogP contribution in [0, 0.1) is 5.92 Å². The highest BCUT2D eigenvalue weighted by Gasteiger charge is 2.44. The molecule has 3 heterocycles. The number of pyridine rings is 1. The van der Waals surface area contributed by atoms with Gasteiger partial charge in [0.1, 0.15) is 5.75 Å². The van der Waals surface area contributed by atoms with Crippen LogP contribution < -0.4 is 15.4 Å². The lowest BCUT2D eigenvalue weighted by Crippen LogP contribution is -2.50. The molecule has 0 bridgehead atoms. The second kappa shape index (κ2) is 9.51. The number of amides is 2. The highest BCUT2D eigenvalue weighted by molar-refractivity contribution is 5.90. The number of ether oxygens (including phenoxy) is 1. The summed E-state index contributed by atoms with van der Waals surface area (Å²) in [6.45, 7) is 2.74. The lowest BCUT2D eigenvalue weighted by molar-refractivity contribution is -0.134. The largest absolute Gasteiger partial charge is 0.478 e. The molecule has 0 spiro atoms. The van der Waals surface area contributed by atoms with E-state index in [0.717, 1.165) is 19.4 Å². The molecule has 2 N–H and O–H groups in total. The molecule has 2 aliphatic heterocycles. The number of hydrogen-bond donors (Lipinski definition) is 2. The van der Waals surface area contributed by atoms with Gasteiger partial charge in [0.15, 0.2) is 11.4 Å². The first-order valence-electron chi connectivity index (χ1n) is 12.1. The summed E-state index contributed by atoms with van der Waals surface area (Å²) in [7, 11) is 0. The van der Waals surface area contributed by atoms with Crippen LogP contribution in [0.2, 0.25) is 0 Å². The number of ketones is 1. The number of nitrogens with one attached hydrogen (secondary N) is 2. The van der Waals surface area contributed by atoms with E-state index >= 15 is 0 Å². The molecule has 3 fully saturated rings. The average Bonchev–Trinajstić information content (AvgIpc) is 3.48. The Balaban J connectivity index is 1.15. The second-order valence-electron chi connectivity index (χ2n) is 9.64. The van der Waals surface area contributed by atoms with Crippen LogP contribution in [-0.4, -0.2) is 53.5 Å². The third-order valence-electron chi connectivity index (χ3n) is 7.32. The molecule has 3 aliphatic rings. The van der Waals surface area contributed by atoms with E-state index in [1.807, 2.05) is 36.5 Å². The minimum Gasteiger partial charge on any atom is -0.478 e. The number of nitrogens with zero attached hydrogens (tertiary/aromatic N) is 2. The number of rotatable bonds is 7. The first kappa shape index (κ1) is 21.9. The molecule has 1 atom stereocenters. The standard InChI is InChI=1S/C26H32N4O3/c31-24(14-19-4-1-2-5-19)26(11-13-28-18-26)33-23-9-7-22(8-10-23)29-25(32)30-16-21(17-30)20-6-3-12-27-15-20/h3,6-10,12,15,19,21,28H,1-2,4-5,11,13-14,16-18H2,(H,29,32)/t26-/m1/s1. The van der Waals surface area contributed by atoms with Crippen LogP contribution in [0.25, 0.3) is 0 Å². The third kappa shape index (κ3) is 4.88. The van der Waals surface area contributed by atoms with Gasteiger partial charge in [0.25, 0.3) is 0 Å². The lowest BCUT2D eigenvalue weighted by Gasteiger charge is -2.39. The van der Waals surface area contributed by atoms with Crippen molar-refractivity contribution in [2.45, 2.75) is 50.0 Å². The Bertz CT molecular complexity index is 961. The fourth-order valence-corrected chi connectivity index (χ4v) is 5.22. The molecule has 1 aromatic heterocycles. The smallest absolute Gasteiger partial charge is 0.321 e. The number of benzene rings is 1. The number of aromatic nitrogens is 1. The van der Waals surface area contributed by atoms with Crippen molar-refractivity contribution in [2.24, 2.45) is 5.92 Å². The Labute approximate surface area is 194 Å². The monoisotopic (exact) mass is 448 g/mol. The van der Waals surface area contributed by atoms with Crippen molar-refractivity contribution in [2.75, 3.05) is 31.5 Å². The molecule has 1 aliphatic carbocycles. The van der Waals surface area contributed by atoms with Gasteiger partial charge in [0, 0.05) is 56.5 Å². The summed E-state index contributed by atoms with van der Waals surface area (Å²) in [6.07, 6.45) is 9.72. The number of likely N-dealkylation sites (tertiary alicyclic amines) is 1. The van der Waals surface area contributed by atoms with Crippen molar-refractivity contribution in [3.05, 3.63) is 54.4 Å². The van der Waals surface area contributed by atoms with Crippen molar-refractivity contribution in [1.29, 1.82) is 0 Å². The maximum absolute atomic E-state index is 13.2. The number of hydrogen-bond acceptors (Lipinski definition) is 5. The van der Waals surface area contributed by atoms with Crippen molar-refractivity contribution < 1.29 is 14.3 Å². The predicted molar refractivity (Wildman–Crippen MR) is 126 cm³/mol. The molecule has 0 radical (unpaired) electrons. The lowest BCUT2D eigenvalue weighted by atomic mass is 9.89. The van der Waals surface area contributed by atoms with Crippen molar-refractivity contribution in [1.82, 2.24) is 15.2 Å². The van der Waals surface area contributed by atoms with Gasteiger partial charge in [0.2, 0.25) is 0 Å². The first-order valence-corrected chi connectivity index (χ1v) is 12.1. The van der Waals surface area contributed by atoms with Crippen LogP contribution in [0.5, 0.6) is 5.75 Å². The van der Waals surface area contributed by atoms with E-state index in [4.69, 9.17) is 4.74 Å². The van der Waals surface area contributed by atoms with Crippen molar-refractivity contribution in [3.8, 4) is 5.75 Å². The topological polar surface area (TPSA) is 83.6 Å². The number of Topliss-reactive ketones (excluding diaryl/α,β-unsaturated/α-hetero) is 1. The maximum Gasteiger partial charge on any atom is 0.321 e. The van der Waals surface area contributed by atoms with Gasteiger partial charge in [-0.3, -0.25) is 9.78 Å². The van der Waals surface area contributed by atoms with Gasteiger partial charge in [0.05, 0.1) is 0 Å². The quantitative estimate of drug-likeness (QED) is 0.670. The van der Waals surface area contributed by atoms with E-state index in [1.54, 1.807) is 11.1 Å². The molecule has 2 amide bonds. The summed E-state index contributed by atoms with van der Waals surface area (Å²) in [5.41, 5.74) is 1.11. The Morgan fingerprint density at radius 2 is 1.94 bits per heavy atom. The predicted octanol–water partition coefficient (Wildman–Crippen LogP) is 3.97. The summed E-state index contributed by atoms with van der Waals surface area (Å²) < 4.78 is 6.30. The fourth-order valence-electron chi connectivity index (χ4n) is 5.22. The molecule has 1 saturated carbocycles. The van der Waals surface area contributed by atoms with Crippen LogP contribution in [0.1, 0.15) is 50.0 Å². The average molecular weight is 449 g/mol. The van der Waals surface area contributed by atoms with E-state index in [9.17, 15) is 9.59 Å².